The Morgan fingerprint density at radius 2 is 1.26 bits per heavy atom. The number of sulfonamides is 1. The lowest BCUT2D eigenvalue weighted by Gasteiger charge is -2.23. The van der Waals surface area contributed by atoms with Crippen LogP contribution in [-0.4, -0.2) is 25.8 Å². The lowest BCUT2D eigenvalue weighted by molar-refractivity contribution is -0.131. The van der Waals surface area contributed by atoms with Crippen molar-refractivity contribution in [3.8, 4) is 0 Å². The molecule has 1 amide bonds. The minimum Gasteiger partial charge on any atom is -0.333 e. The van der Waals surface area contributed by atoms with Gasteiger partial charge in [0.25, 0.3) is 0 Å². The highest BCUT2D eigenvalue weighted by molar-refractivity contribution is 7.89. The molecule has 0 aliphatic rings. The molecule has 0 heterocycles. The zero-order valence-electron chi connectivity index (χ0n) is 18.1. The van der Waals surface area contributed by atoms with Crippen LogP contribution in [0.1, 0.15) is 27.8 Å². The summed E-state index contributed by atoms with van der Waals surface area (Å²) in [7, 11) is -3.81. The molecule has 31 heavy (non-hydrogen) atoms. The number of carbonyl (C=O) groups excluding carboxylic acids is 1. The molecule has 0 atom stereocenters. The van der Waals surface area contributed by atoms with Gasteiger partial charge in [0.1, 0.15) is 0 Å². The lowest BCUT2D eigenvalue weighted by Crippen LogP contribution is -2.39. The van der Waals surface area contributed by atoms with E-state index in [0.717, 1.165) is 16.7 Å². The number of hydrogen-bond acceptors (Lipinski definition) is 3. The van der Waals surface area contributed by atoms with Gasteiger partial charge in [-0.15, -0.1) is 0 Å². The average Bonchev–Trinajstić information content (AvgIpc) is 2.72. The van der Waals surface area contributed by atoms with Gasteiger partial charge in [-0.25, -0.2) is 13.1 Å². The fourth-order valence-corrected chi connectivity index (χ4v) is 5.19. The fraction of sp³-hybridized carbons (Fsp3) is 0.240. The van der Waals surface area contributed by atoms with Gasteiger partial charge in [-0.05, 0) is 43.0 Å². The molecule has 1 N–H and O–H groups in total. The fourth-order valence-electron chi connectivity index (χ4n) is 3.77. The van der Waals surface area contributed by atoms with Gasteiger partial charge in [0.15, 0.2) is 0 Å². The highest BCUT2D eigenvalue weighted by atomic mass is 32.2. The van der Waals surface area contributed by atoms with Crippen molar-refractivity contribution in [1.29, 1.82) is 0 Å². The Labute approximate surface area is 184 Å². The van der Waals surface area contributed by atoms with Crippen molar-refractivity contribution in [1.82, 2.24) is 9.62 Å². The number of hydrogen-bond donors (Lipinski definition) is 1. The van der Waals surface area contributed by atoms with Crippen LogP contribution in [0.15, 0.2) is 77.7 Å². The maximum Gasteiger partial charge on any atom is 0.241 e. The molecule has 162 valence electrons. The van der Waals surface area contributed by atoms with Crippen molar-refractivity contribution >= 4 is 15.9 Å². The zero-order chi connectivity index (χ0) is 22.4. The third kappa shape index (κ3) is 6.03. The first-order valence-corrected chi connectivity index (χ1v) is 11.7. The Morgan fingerprint density at radius 3 is 1.71 bits per heavy atom. The van der Waals surface area contributed by atoms with Crippen molar-refractivity contribution in [2.75, 3.05) is 6.54 Å². The summed E-state index contributed by atoms with van der Waals surface area (Å²) in [4.78, 5) is 15.0. The van der Waals surface area contributed by atoms with E-state index in [1.165, 1.54) is 0 Å². The van der Waals surface area contributed by atoms with E-state index in [1.54, 1.807) is 18.7 Å². The Balaban J connectivity index is 1.78. The van der Waals surface area contributed by atoms with Gasteiger partial charge in [-0.1, -0.05) is 78.4 Å². The number of benzene rings is 3. The van der Waals surface area contributed by atoms with E-state index in [2.05, 4.69) is 4.72 Å². The highest BCUT2D eigenvalue weighted by Gasteiger charge is 2.23. The second-order valence-corrected chi connectivity index (χ2v) is 9.48. The number of rotatable bonds is 8. The highest BCUT2D eigenvalue weighted by Crippen LogP contribution is 2.21. The van der Waals surface area contributed by atoms with Gasteiger partial charge >= 0.3 is 0 Å². The van der Waals surface area contributed by atoms with Crippen LogP contribution in [0.25, 0.3) is 0 Å². The van der Waals surface area contributed by atoms with E-state index in [4.69, 9.17) is 0 Å². The molecule has 0 fully saturated rings. The Hall–Kier alpha value is -2.96. The van der Waals surface area contributed by atoms with Gasteiger partial charge in [0.2, 0.25) is 15.9 Å². The van der Waals surface area contributed by atoms with Crippen LogP contribution in [0.4, 0.5) is 0 Å². The van der Waals surface area contributed by atoms with E-state index < -0.39 is 10.0 Å². The first-order valence-electron chi connectivity index (χ1n) is 10.2. The van der Waals surface area contributed by atoms with Crippen LogP contribution in [0, 0.1) is 20.8 Å². The topological polar surface area (TPSA) is 66.5 Å². The van der Waals surface area contributed by atoms with Gasteiger partial charge in [0, 0.05) is 13.1 Å². The van der Waals surface area contributed by atoms with Gasteiger partial charge in [0.05, 0.1) is 11.4 Å². The number of nitrogens with zero attached hydrogens (tertiary/aromatic N) is 1. The Kier molecular flexibility index (Phi) is 7.25. The minimum atomic E-state index is -3.81. The maximum absolute atomic E-state index is 13.1. The van der Waals surface area contributed by atoms with Crippen LogP contribution >= 0.6 is 0 Å². The van der Waals surface area contributed by atoms with Crippen LogP contribution in [0.2, 0.25) is 0 Å². The molecule has 5 nitrogen and oxygen atoms in total. The molecule has 0 aromatic heterocycles. The molecule has 0 aliphatic heterocycles. The van der Waals surface area contributed by atoms with Crippen LogP contribution in [0.5, 0.6) is 0 Å². The first-order chi connectivity index (χ1) is 14.8. The summed E-state index contributed by atoms with van der Waals surface area (Å²) in [5, 5.41) is 0. The van der Waals surface area contributed by atoms with E-state index in [9.17, 15) is 13.2 Å². The van der Waals surface area contributed by atoms with Crippen molar-refractivity contribution in [2.24, 2.45) is 0 Å². The molecule has 6 heteroatoms. The van der Waals surface area contributed by atoms with Crippen LogP contribution in [0.3, 0.4) is 0 Å². The third-order valence-electron chi connectivity index (χ3n) is 5.07. The molecule has 3 aromatic rings. The number of nitrogens with one attached hydrogen (secondary N) is 1. The molecule has 0 bridgehead atoms. The largest absolute Gasteiger partial charge is 0.333 e. The van der Waals surface area contributed by atoms with E-state index in [0.29, 0.717) is 24.2 Å². The predicted octanol–water partition coefficient (Wildman–Crippen LogP) is 4.12. The SMILES string of the molecule is Cc1cc(C)c(S(=O)(=O)NCC(=O)N(Cc2ccccc2)Cc2ccccc2)c(C)c1. The Morgan fingerprint density at radius 1 is 0.806 bits per heavy atom. The van der Waals surface area contributed by atoms with Crippen molar-refractivity contribution in [3.63, 3.8) is 0 Å². The number of aryl methyl sites for hydroxylation is 3. The molecule has 3 rings (SSSR count). The maximum atomic E-state index is 13.1. The number of amides is 1. The molecule has 0 spiro atoms. The van der Waals surface area contributed by atoms with E-state index in [1.807, 2.05) is 79.7 Å². The smallest absolute Gasteiger partial charge is 0.241 e. The van der Waals surface area contributed by atoms with Crippen molar-refractivity contribution in [3.05, 3.63) is 101 Å². The van der Waals surface area contributed by atoms with Gasteiger partial charge < -0.3 is 4.90 Å². The molecular formula is C25H28N2O3S. The normalized spacial score (nSPS) is 11.3. The second kappa shape index (κ2) is 9.90. The summed E-state index contributed by atoms with van der Waals surface area (Å²) in [5.41, 5.74) is 4.31. The summed E-state index contributed by atoms with van der Waals surface area (Å²) in [6, 6.07) is 23.0. The van der Waals surface area contributed by atoms with E-state index >= 15 is 0 Å². The monoisotopic (exact) mass is 436 g/mol. The van der Waals surface area contributed by atoms with Crippen LogP contribution in [-0.2, 0) is 27.9 Å². The summed E-state index contributed by atoms with van der Waals surface area (Å²) < 4.78 is 28.4. The first kappa shape index (κ1) is 22.7. The lowest BCUT2D eigenvalue weighted by atomic mass is 10.1. The Bertz CT molecular complexity index is 1080. The van der Waals surface area contributed by atoms with Crippen LogP contribution < -0.4 is 4.72 Å². The minimum absolute atomic E-state index is 0.239. The zero-order valence-corrected chi connectivity index (χ0v) is 18.9. The average molecular weight is 437 g/mol. The quantitative estimate of drug-likeness (QED) is 0.578. The molecular weight excluding hydrogens is 408 g/mol. The van der Waals surface area contributed by atoms with Gasteiger partial charge in [-0.2, -0.15) is 0 Å². The molecule has 0 aliphatic carbocycles. The molecule has 0 radical (unpaired) electrons. The van der Waals surface area contributed by atoms with E-state index in [-0.39, 0.29) is 17.3 Å². The van der Waals surface area contributed by atoms with Crippen molar-refractivity contribution < 1.29 is 13.2 Å². The summed E-state index contributed by atoms with van der Waals surface area (Å²) in [6.07, 6.45) is 0. The number of carbonyl (C=O) groups is 1. The summed E-state index contributed by atoms with van der Waals surface area (Å²) in [5.74, 6) is -0.279. The van der Waals surface area contributed by atoms with Crippen molar-refractivity contribution in [2.45, 2.75) is 38.8 Å². The summed E-state index contributed by atoms with van der Waals surface area (Å²) in [6.45, 7) is 5.98. The summed E-state index contributed by atoms with van der Waals surface area (Å²) >= 11 is 0. The van der Waals surface area contributed by atoms with Gasteiger partial charge in [-0.3, -0.25) is 4.79 Å². The predicted molar refractivity (Wildman–Crippen MR) is 123 cm³/mol. The molecule has 0 saturated heterocycles. The third-order valence-corrected chi connectivity index (χ3v) is 6.78. The molecule has 0 unspecified atom stereocenters. The molecule has 0 saturated carbocycles. The second-order valence-electron chi connectivity index (χ2n) is 7.77. The molecule has 3 aromatic carbocycles. The standard InChI is InChI=1S/C25H28N2O3S/c1-19-14-20(2)25(21(3)15-19)31(29,30)26-16-24(28)27(17-22-10-6-4-7-11-22)18-23-12-8-5-9-13-23/h4-15,26H,16-18H2,1-3H3.